The molecule has 1 aromatic heterocycles. The minimum absolute atomic E-state index is 0.0168. The number of carbonyl (C=O) groups excluding carboxylic acids is 1. The van der Waals surface area contributed by atoms with Crippen LogP contribution in [0.25, 0.3) is 0 Å². The Balaban J connectivity index is 1.50. The number of anilines is 1. The van der Waals surface area contributed by atoms with E-state index in [2.05, 4.69) is 20.8 Å². The van der Waals surface area contributed by atoms with E-state index in [1.165, 1.54) is 30.6 Å². The molecule has 3 heterocycles. The van der Waals surface area contributed by atoms with Crippen molar-refractivity contribution in [2.75, 3.05) is 24.6 Å². The van der Waals surface area contributed by atoms with E-state index in [-0.39, 0.29) is 30.5 Å². The lowest BCUT2D eigenvalue weighted by Crippen LogP contribution is -2.41. The van der Waals surface area contributed by atoms with Crippen LogP contribution in [0.15, 0.2) is 30.6 Å². The van der Waals surface area contributed by atoms with Crippen LogP contribution in [-0.4, -0.2) is 53.0 Å². The molecule has 7 nitrogen and oxygen atoms in total. The number of thiocarbonyl (C=S) groups is 1. The maximum atomic E-state index is 14.2. The standard InChI is InChI=1S/C19H17Cl2F2N5O2S/c20-12-3-11(4-13(21)5-12)19(17(22)23)1-2-28(9-19)18-24-6-10(7-25-18)16(31)26-14-8-30-27-15(14)29/h3-7,14,17H,1-2,8-9H2,(H,26,31)(H,27,29). The fourth-order valence-corrected chi connectivity index (χ4v) is 4.45. The summed E-state index contributed by atoms with van der Waals surface area (Å²) in [6.07, 6.45) is 0.555. The normalized spacial score (nSPS) is 23.3. The first-order valence-electron chi connectivity index (χ1n) is 9.33. The van der Waals surface area contributed by atoms with E-state index in [9.17, 15) is 13.6 Å². The van der Waals surface area contributed by atoms with Crippen molar-refractivity contribution in [2.24, 2.45) is 0 Å². The zero-order chi connectivity index (χ0) is 22.2. The molecule has 0 bridgehead atoms. The fourth-order valence-electron chi connectivity index (χ4n) is 3.68. The highest BCUT2D eigenvalue weighted by Crippen LogP contribution is 2.42. The smallest absolute Gasteiger partial charge is 0.268 e. The van der Waals surface area contributed by atoms with Gasteiger partial charge in [0.2, 0.25) is 12.4 Å². The molecular weight excluding hydrogens is 471 g/mol. The SMILES string of the molecule is O=C1NOCC1NC(=S)c1cnc(N2CCC(c3cc(Cl)cc(Cl)c3)(C(F)F)C2)nc1. The van der Waals surface area contributed by atoms with E-state index >= 15 is 0 Å². The Kier molecular flexibility index (Phi) is 6.25. The molecule has 1 amide bonds. The number of carbonyl (C=O) groups is 1. The average Bonchev–Trinajstić information content (AvgIpc) is 3.35. The molecule has 2 aliphatic rings. The van der Waals surface area contributed by atoms with Gasteiger partial charge in [-0.3, -0.25) is 9.63 Å². The lowest BCUT2D eigenvalue weighted by molar-refractivity contribution is -0.124. The molecule has 2 atom stereocenters. The molecule has 0 radical (unpaired) electrons. The molecule has 31 heavy (non-hydrogen) atoms. The maximum Gasteiger partial charge on any atom is 0.268 e. The largest absolute Gasteiger partial charge is 0.362 e. The fraction of sp³-hybridized carbons (Fsp3) is 0.368. The Morgan fingerprint density at radius 1 is 1.29 bits per heavy atom. The number of halogens is 4. The van der Waals surface area contributed by atoms with Gasteiger partial charge in [0.25, 0.3) is 5.91 Å². The minimum atomic E-state index is -2.62. The number of hydrogen-bond donors (Lipinski definition) is 2. The Morgan fingerprint density at radius 3 is 2.55 bits per heavy atom. The number of amides is 1. The monoisotopic (exact) mass is 487 g/mol. The van der Waals surface area contributed by atoms with E-state index < -0.39 is 17.9 Å². The highest BCUT2D eigenvalue weighted by atomic mass is 35.5. The molecule has 2 saturated heterocycles. The molecule has 2 fully saturated rings. The molecule has 4 rings (SSSR count). The zero-order valence-electron chi connectivity index (χ0n) is 15.9. The van der Waals surface area contributed by atoms with Gasteiger partial charge in [0.15, 0.2) is 0 Å². The molecule has 0 spiro atoms. The van der Waals surface area contributed by atoms with Crippen LogP contribution in [0.2, 0.25) is 10.0 Å². The molecule has 2 unspecified atom stereocenters. The summed E-state index contributed by atoms with van der Waals surface area (Å²) in [6.45, 7) is 0.508. The topological polar surface area (TPSA) is 79.4 Å². The summed E-state index contributed by atoms with van der Waals surface area (Å²) in [5.74, 6) is -0.00874. The number of rotatable bonds is 5. The maximum absolute atomic E-state index is 14.2. The molecule has 2 N–H and O–H groups in total. The van der Waals surface area contributed by atoms with Crippen molar-refractivity contribution in [3.8, 4) is 0 Å². The van der Waals surface area contributed by atoms with E-state index in [0.29, 0.717) is 33.7 Å². The first-order chi connectivity index (χ1) is 14.8. The van der Waals surface area contributed by atoms with Crippen LogP contribution in [0.4, 0.5) is 14.7 Å². The van der Waals surface area contributed by atoms with E-state index in [0.717, 1.165) is 0 Å². The molecule has 12 heteroatoms. The number of nitrogens with one attached hydrogen (secondary N) is 2. The van der Waals surface area contributed by atoms with E-state index in [1.807, 2.05) is 0 Å². The quantitative estimate of drug-likeness (QED) is 0.627. The van der Waals surface area contributed by atoms with Crippen molar-refractivity contribution in [2.45, 2.75) is 24.3 Å². The second kappa shape index (κ2) is 8.78. The van der Waals surface area contributed by atoms with Gasteiger partial charge in [0.05, 0.1) is 5.41 Å². The number of hydroxylamine groups is 1. The summed E-state index contributed by atoms with van der Waals surface area (Å²) in [6, 6.07) is 3.97. The van der Waals surface area contributed by atoms with Crippen molar-refractivity contribution in [3.63, 3.8) is 0 Å². The van der Waals surface area contributed by atoms with Crippen LogP contribution in [-0.2, 0) is 15.0 Å². The summed E-state index contributed by atoms with van der Waals surface area (Å²) in [5.41, 5.74) is 1.70. The Bertz CT molecular complexity index is 993. The first-order valence-corrected chi connectivity index (χ1v) is 10.5. The highest BCUT2D eigenvalue weighted by Gasteiger charge is 2.48. The van der Waals surface area contributed by atoms with Crippen molar-refractivity contribution in [1.82, 2.24) is 20.8 Å². The minimum Gasteiger partial charge on any atom is -0.362 e. The Hall–Kier alpha value is -2.14. The molecular formula is C19H17Cl2F2N5O2S. The summed E-state index contributed by atoms with van der Waals surface area (Å²) in [7, 11) is 0. The van der Waals surface area contributed by atoms with Crippen molar-refractivity contribution >= 4 is 52.3 Å². The lowest BCUT2D eigenvalue weighted by atomic mass is 9.80. The molecule has 2 aromatic rings. The molecule has 2 aliphatic heterocycles. The zero-order valence-corrected chi connectivity index (χ0v) is 18.3. The lowest BCUT2D eigenvalue weighted by Gasteiger charge is -2.29. The van der Waals surface area contributed by atoms with Gasteiger partial charge < -0.3 is 10.2 Å². The third-order valence-corrected chi connectivity index (χ3v) is 6.17. The number of nitrogens with zero attached hydrogens (tertiary/aromatic N) is 3. The highest BCUT2D eigenvalue weighted by molar-refractivity contribution is 7.80. The van der Waals surface area contributed by atoms with Gasteiger partial charge in [0, 0.05) is 41.1 Å². The van der Waals surface area contributed by atoms with Gasteiger partial charge in [-0.2, -0.15) is 0 Å². The summed E-state index contributed by atoms with van der Waals surface area (Å²) >= 11 is 17.4. The van der Waals surface area contributed by atoms with E-state index in [1.54, 1.807) is 4.90 Å². The molecule has 0 aliphatic carbocycles. The van der Waals surface area contributed by atoms with Crippen LogP contribution in [0, 0.1) is 0 Å². The Labute approximate surface area is 192 Å². The number of aromatic nitrogens is 2. The number of hydrogen-bond acceptors (Lipinski definition) is 6. The van der Waals surface area contributed by atoms with Gasteiger partial charge in [-0.25, -0.2) is 24.2 Å². The van der Waals surface area contributed by atoms with Gasteiger partial charge in [-0.1, -0.05) is 35.4 Å². The van der Waals surface area contributed by atoms with Crippen molar-refractivity contribution in [3.05, 3.63) is 51.8 Å². The van der Waals surface area contributed by atoms with Gasteiger partial charge in [-0.05, 0) is 30.2 Å². The second-order valence-electron chi connectivity index (χ2n) is 7.36. The predicted octanol–water partition coefficient (Wildman–Crippen LogP) is 2.89. The number of alkyl halides is 2. The van der Waals surface area contributed by atoms with Gasteiger partial charge in [-0.15, -0.1) is 0 Å². The van der Waals surface area contributed by atoms with Crippen LogP contribution >= 0.6 is 35.4 Å². The number of benzene rings is 1. The second-order valence-corrected chi connectivity index (χ2v) is 8.64. The van der Waals surface area contributed by atoms with Crippen molar-refractivity contribution in [1.29, 1.82) is 0 Å². The summed E-state index contributed by atoms with van der Waals surface area (Å²) < 4.78 is 28.4. The van der Waals surface area contributed by atoms with Crippen molar-refractivity contribution < 1.29 is 18.4 Å². The molecule has 0 saturated carbocycles. The van der Waals surface area contributed by atoms with Gasteiger partial charge in [0.1, 0.15) is 17.6 Å². The summed E-state index contributed by atoms with van der Waals surface area (Å²) in [5, 5.41) is 3.49. The van der Waals surface area contributed by atoms with Gasteiger partial charge >= 0.3 is 0 Å². The average molecular weight is 488 g/mol. The van der Waals surface area contributed by atoms with Crippen LogP contribution in [0.5, 0.6) is 0 Å². The predicted molar refractivity (Wildman–Crippen MR) is 116 cm³/mol. The van der Waals surface area contributed by atoms with Crippen LogP contribution < -0.4 is 15.7 Å². The van der Waals surface area contributed by atoms with Crippen LogP contribution in [0.1, 0.15) is 17.5 Å². The third-order valence-electron chi connectivity index (χ3n) is 5.38. The molecule has 1 aromatic carbocycles. The van der Waals surface area contributed by atoms with Crippen LogP contribution in [0.3, 0.4) is 0 Å². The van der Waals surface area contributed by atoms with E-state index in [4.69, 9.17) is 40.3 Å². The summed E-state index contributed by atoms with van der Waals surface area (Å²) in [4.78, 5) is 27.0. The Morgan fingerprint density at radius 2 is 1.97 bits per heavy atom. The first kappa shape index (κ1) is 22.1. The molecule has 164 valence electrons. The third kappa shape index (κ3) is 4.43.